The molecule has 1 amide bonds. The van der Waals surface area contributed by atoms with Crippen molar-refractivity contribution in [1.29, 1.82) is 0 Å². The smallest absolute Gasteiger partial charge is 0.330 e. The first-order chi connectivity index (χ1) is 11.5. The number of nitrogens with one attached hydrogen (secondary N) is 1. The molecule has 0 aliphatic carbocycles. The van der Waals surface area contributed by atoms with Crippen LogP contribution in [0.4, 0.5) is 0 Å². The van der Waals surface area contributed by atoms with Gasteiger partial charge in [-0.05, 0) is 31.2 Å². The molecule has 0 aliphatic rings. The SMILES string of the molecule is COc1cc(OC)cc(C(=O)NCC(=O)Oc2ccc(C)cc2)c1. The maximum Gasteiger partial charge on any atom is 0.330 e. The van der Waals surface area contributed by atoms with Gasteiger partial charge in [0.1, 0.15) is 23.8 Å². The summed E-state index contributed by atoms with van der Waals surface area (Å²) in [5, 5.41) is 2.51. The van der Waals surface area contributed by atoms with E-state index in [0.29, 0.717) is 22.8 Å². The normalized spacial score (nSPS) is 9.96. The van der Waals surface area contributed by atoms with Gasteiger partial charge in [-0.25, -0.2) is 4.79 Å². The van der Waals surface area contributed by atoms with Crippen molar-refractivity contribution in [3.05, 3.63) is 53.6 Å². The summed E-state index contributed by atoms with van der Waals surface area (Å²) in [5.74, 6) is 0.432. The molecule has 2 rings (SSSR count). The van der Waals surface area contributed by atoms with E-state index in [1.54, 1.807) is 30.3 Å². The number of carbonyl (C=O) groups is 2. The third kappa shape index (κ3) is 4.74. The number of methoxy groups -OCH3 is 2. The Morgan fingerprint density at radius 2 is 1.50 bits per heavy atom. The number of benzene rings is 2. The lowest BCUT2D eigenvalue weighted by Gasteiger charge is -2.09. The van der Waals surface area contributed by atoms with Gasteiger partial charge in [-0.3, -0.25) is 4.79 Å². The van der Waals surface area contributed by atoms with Crippen molar-refractivity contribution in [3.63, 3.8) is 0 Å². The minimum atomic E-state index is -0.554. The maximum atomic E-state index is 12.2. The number of amides is 1. The Morgan fingerprint density at radius 1 is 0.917 bits per heavy atom. The third-order valence-corrected chi connectivity index (χ3v) is 3.26. The molecule has 0 radical (unpaired) electrons. The quantitative estimate of drug-likeness (QED) is 0.650. The van der Waals surface area contributed by atoms with Crippen molar-refractivity contribution in [3.8, 4) is 17.2 Å². The second kappa shape index (κ2) is 8.01. The predicted octanol–water partition coefficient (Wildman–Crippen LogP) is 2.35. The van der Waals surface area contributed by atoms with Crippen molar-refractivity contribution in [2.75, 3.05) is 20.8 Å². The molecule has 0 aromatic heterocycles. The predicted molar refractivity (Wildman–Crippen MR) is 88.7 cm³/mol. The minimum Gasteiger partial charge on any atom is -0.497 e. The molecule has 0 heterocycles. The molecule has 0 aliphatic heterocycles. The summed E-state index contributed by atoms with van der Waals surface area (Å²) in [6, 6.07) is 11.8. The minimum absolute atomic E-state index is 0.244. The Labute approximate surface area is 140 Å². The van der Waals surface area contributed by atoms with Crippen molar-refractivity contribution in [2.45, 2.75) is 6.92 Å². The second-order valence-electron chi connectivity index (χ2n) is 5.07. The molecule has 0 bridgehead atoms. The van der Waals surface area contributed by atoms with E-state index in [1.807, 2.05) is 19.1 Å². The molecule has 0 saturated heterocycles. The highest BCUT2D eigenvalue weighted by atomic mass is 16.5. The Balaban J connectivity index is 1.94. The Hall–Kier alpha value is -3.02. The van der Waals surface area contributed by atoms with Crippen molar-refractivity contribution in [2.24, 2.45) is 0 Å². The van der Waals surface area contributed by atoms with Crippen LogP contribution in [0.25, 0.3) is 0 Å². The van der Waals surface area contributed by atoms with Crippen LogP contribution in [0, 0.1) is 6.92 Å². The van der Waals surface area contributed by atoms with Crippen LogP contribution in [0.3, 0.4) is 0 Å². The van der Waals surface area contributed by atoms with Crippen LogP contribution in [0.1, 0.15) is 15.9 Å². The lowest BCUT2D eigenvalue weighted by molar-refractivity contribution is -0.133. The van der Waals surface area contributed by atoms with Gasteiger partial charge in [0.05, 0.1) is 14.2 Å². The number of esters is 1. The molecule has 1 N–H and O–H groups in total. The Bertz CT molecular complexity index is 702. The van der Waals surface area contributed by atoms with Gasteiger partial charge in [0, 0.05) is 11.6 Å². The van der Waals surface area contributed by atoms with E-state index in [0.717, 1.165) is 5.56 Å². The number of hydrogen-bond acceptors (Lipinski definition) is 5. The third-order valence-electron chi connectivity index (χ3n) is 3.26. The number of hydrogen-bond donors (Lipinski definition) is 1. The van der Waals surface area contributed by atoms with Crippen LogP contribution in [-0.2, 0) is 4.79 Å². The van der Waals surface area contributed by atoms with E-state index >= 15 is 0 Å². The largest absolute Gasteiger partial charge is 0.497 e. The molecule has 0 atom stereocenters. The topological polar surface area (TPSA) is 73.9 Å². The van der Waals surface area contributed by atoms with Gasteiger partial charge in [0.2, 0.25) is 0 Å². The van der Waals surface area contributed by atoms with Gasteiger partial charge < -0.3 is 19.5 Å². The average molecular weight is 329 g/mol. The lowest BCUT2D eigenvalue weighted by Crippen LogP contribution is -2.31. The fourth-order valence-electron chi connectivity index (χ4n) is 1.97. The zero-order chi connectivity index (χ0) is 17.5. The van der Waals surface area contributed by atoms with Gasteiger partial charge in [-0.15, -0.1) is 0 Å². The van der Waals surface area contributed by atoms with E-state index in [9.17, 15) is 9.59 Å². The van der Waals surface area contributed by atoms with Gasteiger partial charge in [-0.1, -0.05) is 17.7 Å². The lowest BCUT2D eigenvalue weighted by atomic mass is 10.2. The summed E-state index contributed by atoms with van der Waals surface area (Å²) >= 11 is 0. The van der Waals surface area contributed by atoms with Crippen LogP contribution < -0.4 is 19.5 Å². The van der Waals surface area contributed by atoms with E-state index in [4.69, 9.17) is 14.2 Å². The molecule has 2 aromatic rings. The van der Waals surface area contributed by atoms with Crippen LogP contribution in [0.15, 0.2) is 42.5 Å². The summed E-state index contributed by atoms with van der Waals surface area (Å²) < 4.78 is 15.4. The molecular formula is C18H19NO5. The molecule has 6 heteroatoms. The molecule has 0 fully saturated rings. The maximum absolute atomic E-state index is 12.2. The zero-order valence-electron chi connectivity index (χ0n) is 13.8. The standard InChI is InChI=1S/C18H19NO5/c1-12-4-6-14(7-5-12)24-17(20)11-19-18(21)13-8-15(22-2)10-16(9-13)23-3/h4-10H,11H2,1-3H3,(H,19,21). The number of rotatable bonds is 6. The highest BCUT2D eigenvalue weighted by Crippen LogP contribution is 2.22. The van der Waals surface area contributed by atoms with Crippen LogP contribution >= 0.6 is 0 Å². The number of aryl methyl sites for hydroxylation is 1. The molecule has 0 unspecified atom stereocenters. The first-order valence-corrected chi connectivity index (χ1v) is 7.30. The molecule has 6 nitrogen and oxygen atoms in total. The summed E-state index contributed by atoms with van der Waals surface area (Å²) in [6.07, 6.45) is 0. The van der Waals surface area contributed by atoms with E-state index < -0.39 is 11.9 Å². The highest BCUT2D eigenvalue weighted by Gasteiger charge is 2.12. The van der Waals surface area contributed by atoms with Crippen molar-refractivity contribution >= 4 is 11.9 Å². The van der Waals surface area contributed by atoms with Crippen molar-refractivity contribution < 1.29 is 23.8 Å². The zero-order valence-corrected chi connectivity index (χ0v) is 13.8. The first-order valence-electron chi connectivity index (χ1n) is 7.30. The summed E-state index contributed by atoms with van der Waals surface area (Å²) in [6.45, 7) is 1.69. The van der Waals surface area contributed by atoms with E-state index in [2.05, 4.69) is 5.32 Å². The van der Waals surface area contributed by atoms with Gasteiger partial charge in [0.25, 0.3) is 5.91 Å². The fourth-order valence-corrected chi connectivity index (χ4v) is 1.97. The number of carbonyl (C=O) groups excluding carboxylic acids is 2. The molecule has 24 heavy (non-hydrogen) atoms. The second-order valence-corrected chi connectivity index (χ2v) is 5.07. The molecule has 126 valence electrons. The molecule has 2 aromatic carbocycles. The monoisotopic (exact) mass is 329 g/mol. The number of ether oxygens (including phenoxy) is 3. The van der Waals surface area contributed by atoms with Crippen LogP contribution in [-0.4, -0.2) is 32.6 Å². The van der Waals surface area contributed by atoms with E-state index in [1.165, 1.54) is 14.2 Å². The molecule has 0 saturated carbocycles. The van der Waals surface area contributed by atoms with Gasteiger partial charge in [0.15, 0.2) is 0 Å². The summed E-state index contributed by atoms with van der Waals surface area (Å²) in [4.78, 5) is 23.9. The van der Waals surface area contributed by atoms with Crippen LogP contribution in [0.2, 0.25) is 0 Å². The summed E-state index contributed by atoms with van der Waals surface area (Å²) in [5.41, 5.74) is 1.39. The van der Waals surface area contributed by atoms with E-state index in [-0.39, 0.29) is 6.54 Å². The van der Waals surface area contributed by atoms with Gasteiger partial charge in [-0.2, -0.15) is 0 Å². The van der Waals surface area contributed by atoms with Crippen molar-refractivity contribution in [1.82, 2.24) is 5.32 Å². The molecule has 0 spiro atoms. The Kier molecular flexibility index (Phi) is 5.78. The van der Waals surface area contributed by atoms with Gasteiger partial charge >= 0.3 is 5.97 Å². The summed E-state index contributed by atoms with van der Waals surface area (Å²) in [7, 11) is 2.99. The first kappa shape index (κ1) is 17.3. The average Bonchev–Trinajstić information content (AvgIpc) is 2.61. The van der Waals surface area contributed by atoms with Crippen LogP contribution in [0.5, 0.6) is 17.2 Å². The highest BCUT2D eigenvalue weighted by molar-refractivity contribution is 5.96. The molecular weight excluding hydrogens is 310 g/mol. The Morgan fingerprint density at radius 3 is 2.04 bits per heavy atom. The fraction of sp³-hybridized carbons (Fsp3) is 0.222.